The maximum Gasteiger partial charge on any atom is 0.264 e. The van der Waals surface area contributed by atoms with Gasteiger partial charge < -0.3 is 10.1 Å². The summed E-state index contributed by atoms with van der Waals surface area (Å²) in [6.45, 7) is 2.53. The van der Waals surface area contributed by atoms with Gasteiger partial charge >= 0.3 is 0 Å². The van der Waals surface area contributed by atoms with E-state index < -0.39 is 10.0 Å². The molecule has 0 saturated carbocycles. The minimum Gasteiger partial charge on any atom is -0.497 e. The van der Waals surface area contributed by atoms with E-state index in [1.807, 2.05) is 67.6 Å². The smallest absolute Gasteiger partial charge is 0.264 e. The maximum absolute atomic E-state index is 13.9. The highest BCUT2D eigenvalue weighted by molar-refractivity contribution is 7.92. The van der Waals surface area contributed by atoms with Crippen molar-refractivity contribution in [3.8, 4) is 5.75 Å². The molecule has 7 heteroatoms. The number of rotatable bonds is 10. The van der Waals surface area contributed by atoms with Crippen molar-refractivity contribution in [1.29, 1.82) is 0 Å². The Hall–Kier alpha value is -4.10. The average molecular weight is 515 g/mol. The fraction of sp³-hybridized carbons (Fsp3) is 0.167. The highest BCUT2D eigenvalue weighted by Gasteiger charge is 2.28. The number of nitrogens with zero attached hydrogens (tertiary/aromatic N) is 1. The lowest BCUT2D eigenvalue weighted by Gasteiger charge is -2.27. The van der Waals surface area contributed by atoms with Crippen LogP contribution in [0.15, 0.2) is 114 Å². The number of para-hydroxylation sites is 1. The molecule has 6 nitrogen and oxygen atoms in total. The van der Waals surface area contributed by atoms with Gasteiger partial charge in [-0.3, -0.25) is 9.10 Å². The summed E-state index contributed by atoms with van der Waals surface area (Å²) in [5.74, 6) is 0.322. The van der Waals surface area contributed by atoms with Gasteiger partial charge in [0.15, 0.2) is 0 Å². The van der Waals surface area contributed by atoms with Gasteiger partial charge in [0.25, 0.3) is 15.9 Å². The Morgan fingerprint density at radius 2 is 1.43 bits per heavy atom. The molecule has 0 unspecified atom stereocenters. The molecule has 0 saturated heterocycles. The SMILES string of the molecule is COc1ccc(S(=O)(=O)N(Cc2ccccc2)c2ccccc2C(=O)NC[C@H](C)c2ccccc2)cc1. The zero-order valence-corrected chi connectivity index (χ0v) is 21.7. The second-order valence-electron chi connectivity index (χ2n) is 8.71. The largest absolute Gasteiger partial charge is 0.497 e. The topological polar surface area (TPSA) is 75.7 Å². The third-order valence-corrected chi connectivity index (χ3v) is 7.95. The van der Waals surface area contributed by atoms with Gasteiger partial charge in [0.05, 0.1) is 29.8 Å². The first kappa shape index (κ1) is 26.0. The van der Waals surface area contributed by atoms with E-state index in [1.165, 1.54) is 23.5 Å². The number of carbonyl (C=O) groups excluding carboxylic acids is 1. The molecule has 0 spiro atoms. The number of ether oxygens (including phenoxy) is 1. The van der Waals surface area contributed by atoms with Crippen LogP contribution >= 0.6 is 0 Å². The van der Waals surface area contributed by atoms with Crippen LogP contribution in [-0.2, 0) is 16.6 Å². The van der Waals surface area contributed by atoms with E-state index in [1.54, 1.807) is 36.4 Å². The molecule has 1 amide bonds. The Labute approximate surface area is 218 Å². The predicted molar refractivity (Wildman–Crippen MR) is 146 cm³/mol. The van der Waals surface area contributed by atoms with Crippen LogP contribution in [0, 0.1) is 0 Å². The van der Waals surface area contributed by atoms with E-state index in [4.69, 9.17) is 4.74 Å². The Kier molecular flexibility index (Phi) is 8.25. The van der Waals surface area contributed by atoms with Crippen LogP contribution in [0.3, 0.4) is 0 Å². The molecule has 4 rings (SSSR count). The molecule has 0 aliphatic heterocycles. The third kappa shape index (κ3) is 6.19. The van der Waals surface area contributed by atoms with Crippen molar-refractivity contribution >= 4 is 21.6 Å². The molecule has 4 aromatic carbocycles. The summed E-state index contributed by atoms with van der Waals surface area (Å²) < 4.78 is 34.3. The average Bonchev–Trinajstić information content (AvgIpc) is 2.95. The van der Waals surface area contributed by atoms with Gasteiger partial charge in [-0.25, -0.2) is 8.42 Å². The van der Waals surface area contributed by atoms with E-state index >= 15 is 0 Å². The van der Waals surface area contributed by atoms with Crippen LogP contribution < -0.4 is 14.4 Å². The molecule has 37 heavy (non-hydrogen) atoms. The molecule has 0 radical (unpaired) electrons. The van der Waals surface area contributed by atoms with Crippen LogP contribution in [0.25, 0.3) is 0 Å². The summed E-state index contributed by atoms with van der Waals surface area (Å²) >= 11 is 0. The van der Waals surface area contributed by atoms with Crippen molar-refractivity contribution in [1.82, 2.24) is 5.32 Å². The molecule has 0 aromatic heterocycles. The molecular weight excluding hydrogens is 484 g/mol. The zero-order chi connectivity index (χ0) is 26.3. The number of methoxy groups -OCH3 is 1. The Morgan fingerprint density at radius 1 is 0.838 bits per heavy atom. The number of hydrogen-bond donors (Lipinski definition) is 1. The van der Waals surface area contributed by atoms with Gasteiger partial charge in [-0.15, -0.1) is 0 Å². The first-order valence-electron chi connectivity index (χ1n) is 12.0. The number of carbonyl (C=O) groups is 1. The number of sulfonamides is 1. The first-order chi connectivity index (χ1) is 17.9. The third-order valence-electron chi connectivity index (χ3n) is 6.17. The lowest BCUT2D eigenvalue weighted by Crippen LogP contribution is -2.34. The maximum atomic E-state index is 13.9. The zero-order valence-electron chi connectivity index (χ0n) is 20.9. The Morgan fingerprint density at radius 3 is 2.08 bits per heavy atom. The monoisotopic (exact) mass is 514 g/mol. The number of anilines is 1. The highest BCUT2D eigenvalue weighted by Crippen LogP contribution is 2.30. The minimum absolute atomic E-state index is 0.0694. The summed E-state index contributed by atoms with van der Waals surface area (Å²) in [7, 11) is -2.48. The molecule has 0 aliphatic rings. The molecule has 0 bridgehead atoms. The van der Waals surface area contributed by atoms with Crippen molar-refractivity contribution in [2.75, 3.05) is 18.0 Å². The summed E-state index contributed by atoms with van der Waals surface area (Å²) in [5, 5.41) is 2.99. The van der Waals surface area contributed by atoms with Crippen molar-refractivity contribution in [3.05, 3.63) is 126 Å². The molecular formula is C30H30N2O4S. The van der Waals surface area contributed by atoms with E-state index in [2.05, 4.69) is 5.32 Å². The normalized spacial score (nSPS) is 11.9. The summed E-state index contributed by atoms with van der Waals surface area (Å²) in [5.41, 5.74) is 2.51. The van der Waals surface area contributed by atoms with Crippen molar-refractivity contribution in [2.45, 2.75) is 24.3 Å². The lowest BCUT2D eigenvalue weighted by atomic mass is 10.0. The van der Waals surface area contributed by atoms with Crippen LogP contribution in [0.5, 0.6) is 5.75 Å². The van der Waals surface area contributed by atoms with E-state index in [0.717, 1.165) is 11.1 Å². The van der Waals surface area contributed by atoms with Gasteiger partial charge in [-0.1, -0.05) is 79.7 Å². The van der Waals surface area contributed by atoms with Gasteiger partial charge in [-0.2, -0.15) is 0 Å². The predicted octanol–water partition coefficient (Wildman–Crippen LogP) is 5.62. The van der Waals surface area contributed by atoms with Gasteiger partial charge in [0.2, 0.25) is 0 Å². The van der Waals surface area contributed by atoms with Crippen LogP contribution in [0.4, 0.5) is 5.69 Å². The van der Waals surface area contributed by atoms with Crippen LogP contribution in [-0.4, -0.2) is 28.0 Å². The Balaban J connectivity index is 1.68. The summed E-state index contributed by atoms with van der Waals surface area (Å²) in [6, 6.07) is 32.3. The fourth-order valence-corrected chi connectivity index (χ4v) is 5.52. The standard InChI is InChI=1S/C30H30N2O4S/c1-23(25-13-7-4-8-14-25)21-31-30(33)28-15-9-10-16-29(28)32(22-24-11-5-3-6-12-24)37(34,35)27-19-17-26(36-2)18-20-27/h3-20,23H,21-22H2,1-2H3,(H,31,33)/t23-/m0/s1. The fourth-order valence-electron chi connectivity index (χ4n) is 4.05. The van der Waals surface area contributed by atoms with Crippen LogP contribution in [0.1, 0.15) is 34.3 Å². The quantitative estimate of drug-likeness (QED) is 0.298. The summed E-state index contributed by atoms with van der Waals surface area (Å²) in [4.78, 5) is 13.5. The van der Waals surface area contributed by atoms with Gasteiger partial charge in [0.1, 0.15) is 5.75 Å². The van der Waals surface area contributed by atoms with Crippen LogP contribution in [0.2, 0.25) is 0 Å². The van der Waals surface area contributed by atoms with E-state index in [-0.39, 0.29) is 28.8 Å². The minimum atomic E-state index is -4.01. The lowest BCUT2D eigenvalue weighted by molar-refractivity contribution is 0.0952. The second kappa shape index (κ2) is 11.8. The van der Waals surface area contributed by atoms with E-state index in [9.17, 15) is 13.2 Å². The molecule has 4 aromatic rings. The molecule has 0 aliphatic carbocycles. The number of nitrogens with one attached hydrogen (secondary N) is 1. The molecule has 0 fully saturated rings. The van der Waals surface area contributed by atoms with E-state index in [0.29, 0.717) is 18.0 Å². The van der Waals surface area contributed by atoms with Gasteiger partial charge in [0, 0.05) is 6.54 Å². The first-order valence-corrected chi connectivity index (χ1v) is 13.5. The molecule has 0 heterocycles. The van der Waals surface area contributed by atoms with Crippen molar-refractivity contribution in [3.63, 3.8) is 0 Å². The van der Waals surface area contributed by atoms with Crippen molar-refractivity contribution < 1.29 is 17.9 Å². The molecule has 190 valence electrons. The number of benzene rings is 4. The number of amides is 1. The molecule has 1 atom stereocenters. The summed E-state index contributed by atoms with van der Waals surface area (Å²) in [6.07, 6.45) is 0. The highest BCUT2D eigenvalue weighted by atomic mass is 32.2. The number of hydrogen-bond acceptors (Lipinski definition) is 4. The van der Waals surface area contributed by atoms with Crippen molar-refractivity contribution in [2.24, 2.45) is 0 Å². The second-order valence-corrected chi connectivity index (χ2v) is 10.6. The van der Waals surface area contributed by atoms with Gasteiger partial charge in [-0.05, 0) is 53.4 Å². The molecule has 1 N–H and O–H groups in total. The Bertz CT molecular complexity index is 1420.